The Morgan fingerprint density at radius 2 is 0.976 bits per heavy atom. The Balaban J connectivity index is 3.59. The minimum absolute atomic E-state index is 0.140. The Labute approximate surface area is 251 Å². The highest BCUT2D eigenvalue weighted by Gasteiger charge is 2.11. The van der Waals surface area contributed by atoms with Gasteiger partial charge in [-0.25, -0.2) is 0 Å². The van der Waals surface area contributed by atoms with Crippen LogP contribution < -0.4 is 0 Å². The van der Waals surface area contributed by atoms with Crippen LogP contribution in [0.5, 0.6) is 0 Å². The number of hydrogen-bond donors (Lipinski definition) is 2. The number of aliphatic hydroxyl groups is 2. The van der Waals surface area contributed by atoms with Crippen LogP contribution in [0.3, 0.4) is 0 Å². The molecule has 0 saturated carbocycles. The molecule has 236 valence electrons. The van der Waals surface area contributed by atoms with E-state index in [2.05, 4.69) is 55.5 Å². The van der Waals surface area contributed by atoms with E-state index in [1.54, 1.807) is 0 Å². The van der Waals surface area contributed by atoms with Crippen LogP contribution in [-0.4, -0.2) is 48.1 Å². The van der Waals surface area contributed by atoms with Crippen molar-refractivity contribution >= 4 is 11.9 Å². The van der Waals surface area contributed by atoms with Crippen molar-refractivity contribution in [3.8, 4) is 0 Å². The molecule has 0 saturated heterocycles. The third-order valence-corrected chi connectivity index (χ3v) is 6.62. The fourth-order valence-corrected chi connectivity index (χ4v) is 4.11. The van der Waals surface area contributed by atoms with Crippen molar-refractivity contribution in [3.63, 3.8) is 0 Å². The molecule has 6 heteroatoms. The fraction of sp³-hybridized carbons (Fsp3) is 0.714. The first kappa shape index (κ1) is 38.8. The molecular formula is C35H60O6. The lowest BCUT2D eigenvalue weighted by Gasteiger charge is -2.12. The quantitative estimate of drug-likeness (QED) is 0.0527. The number of esters is 2. The maximum absolute atomic E-state index is 11.9. The van der Waals surface area contributed by atoms with E-state index < -0.39 is 6.10 Å². The van der Waals surface area contributed by atoms with Gasteiger partial charge in [-0.05, 0) is 57.8 Å². The molecule has 0 spiro atoms. The number of aliphatic hydroxyl groups excluding tert-OH is 2. The second kappa shape index (κ2) is 32.3. The van der Waals surface area contributed by atoms with E-state index in [9.17, 15) is 14.7 Å². The van der Waals surface area contributed by atoms with Gasteiger partial charge >= 0.3 is 11.9 Å². The topological polar surface area (TPSA) is 93.1 Å². The summed E-state index contributed by atoms with van der Waals surface area (Å²) in [6.45, 7) is 2.22. The van der Waals surface area contributed by atoms with Gasteiger partial charge < -0.3 is 19.7 Å². The molecule has 0 amide bonds. The van der Waals surface area contributed by atoms with Crippen LogP contribution >= 0.6 is 0 Å². The average Bonchev–Trinajstić information content (AvgIpc) is 2.97. The van der Waals surface area contributed by atoms with Gasteiger partial charge in [0.1, 0.15) is 19.3 Å². The summed E-state index contributed by atoms with van der Waals surface area (Å²) < 4.78 is 10.2. The van der Waals surface area contributed by atoms with Crippen LogP contribution in [0.1, 0.15) is 135 Å². The van der Waals surface area contributed by atoms with E-state index >= 15 is 0 Å². The van der Waals surface area contributed by atoms with Gasteiger partial charge in [-0.3, -0.25) is 9.59 Å². The van der Waals surface area contributed by atoms with E-state index in [0.29, 0.717) is 25.9 Å². The first-order valence-corrected chi connectivity index (χ1v) is 16.3. The molecule has 0 aromatic rings. The Hall–Kier alpha value is -2.18. The van der Waals surface area contributed by atoms with Gasteiger partial charge in [-0.1, -0.05) is 113 Å². The number of hydrogen-bond acceptors (Lipinski definition) is 6. The van der Waals surface area contributed by atoms with Crippen LogP contribution in [0, 0.1) is 0 Å². The van der Waals surface area contributed by atoms with Crippen LogP contribution in [0.2, 0.25) is 0 Å². The van der Waals surface area contributed by atoms with Crippen molar-refractivity contribution < 1.29 is 29.3 Å². The normalized spacial score (nSPS) is 12.8. The van der Waals surface area contributed by atoms with Gasteiger partial charge in [0.05, 0.1) is 0 Å². The molecule has 0 bridgehead atoms. The molecule has 0 aliphatic carbocycles. The Morgan fingerprint density at radius 1 is 0.561 bits per heavy atom. The fourth-order valence-electron chi connectivity index (χ4n) is 4.11. The molecule has 0 rings (SSSR count). The highest BCUT2D eigenvalue weighted by atomic mass is 16.6. The van der Waals surface area contributed by atoms with E-state index in [1.807, 2.05) is 0 Å². The smallest absolute Gasteiger partial charge is 0.305 e. The molecule has 0 heterocycles. The summed E-state index contributed by atoms with van der Waals surface area (Å²) in [7, 11) is 0. The second-order valence-electron chi connectivity index (χ2n) is 10.7. The van der Waals surface area contributed by atoms with Crippen LogP contribution in [-0.2, 0) is 19.1 Å². The molecule has 2 N–H and O–H groups in total. The molecule has 41 heavy (non-hydrogen) atoms. The zero-order valence-corrected chi connectivity index (χ0v) is 26.0. The minimum Gasteiger partial charge on any atom is -0.463 e. The molecule has 0 aromatic carbocycles. The molecule has 1 atom stereocenters. The Morgan fingerprint density at radius 3 is 1.49 bits per heavy atom. The lowest BCUT2D eigenvalue weighted by molar-refractivity contribution is -0.152. The number of carbonyl (C=O) groups is 2. The molecule has 0 unspecified atom stereocenters. The zero-order chi connectivity index (χ0) is 30.1. The largest absolute Gasteiger partial charge is 0.463 e. The molecule has 6 nitrogen and oxygen atoms in total. The van der Waals surface area contributed by atoms with Crippen LogP contribution in [0.4, 0.5) is 0 Å². The number of allylic oxidation sites excluding steroid dienone is 8. The number of unbranched alkanes of at least 4 members (excludes halogenated alkanes) is 12. The summed E-state index contributed by atoms with van der Waals surface area (Å²) in [6, 6.07) is 0. The van der Waals surface area contributed by atoms with E-state index in [-0.39, 0.29) is 25.2 Å². The van der Waals surface area contributed by atoms with Crippen molar-refractivity contribution in [1.82, 2.24) is 0 Å². The lowest BCUT2D eigenvalue weighted by Crippen LogP contribution is -2.25. The highest BCUT2D eigenvalue weighted by Crippen LogP contribution is 2.11. The van der Waals surface area contributed by atoms with Gasteiger partial charge in [0.15, 0.2) is 0 Å². The second-order valence-corrected chi connectivity index (χ2v) is 10.7. The van der Waals surface area contributed by atoms with Crippen LogP contribution in [0.15, 0.2) is 48.6 Å². The molecule has 0 aliphatic heterocycles. The highest BCUT2D eigenvalue weighted by molar-refractivity contribution is 5.69. The third kappa shape index (κ3) is 32.2. The van der Waals surface area contributed by atoms with Crippen molar-refractivity contribution in [2.75, 3.05) is 19.8 Å². The first-order chi connectivity index (χ1) is 20.1. The van der Waals surface area contributed by atoms with Gasteiger partial charge in [0.2, 0.25) is 0 Å². The van der Waals surface area contributed by atoms with Crippen LogP contribution in [0.25, 0.3) is 0 Å². The van der Waals surface area contributed by atoms with Crippen molar-refractivity contribution in [1.29, 1.82) is 0 Å². The number of ether oxygens (including phenoxy) is 2. The SMILES string of the molecule is CCCCCCCCCCCC(=O)OC[C@@H](O)COC(=O)CCC/C=C\C/C=C\C/C=C\C/C=C\CCCCCO. The number of carbonyl (C=O) groups excluding carboxylic acids is 2. The van der Waals surface area contributed by atoms with Gasteiger partial charge in [-0.15, -0.1) is 0 Å². The molecular weight excluding hydrogens is 516 g/mol. The first-order valence-electron chi connectivity index (χ1n) is 16.3. The predicted octanol–water partition coefficient (Wildman–Crippen LogP) is 8.47. The molecule has 0 radical (unpaired) electrons. The molecule has 0 aliphatic rings. The lowest BCUT2D eigenvalue weighted by atomic mass is 10.1. The van der Waals surface area contributed by atoms with Gasteiger partial charge in [0.25, 0.3) is 0 Å². The molecule has 0 aromatic heterocycles. The summed E-state index contributed by atoms with van der Waals surface area (Å²) in [6.07, 6.45) is 36.1. The summed E-state index contributed by atoms with van der Waals surface area (Å²) in [4.78, 5) is 23.7. The monoisotopic (exact) mass is 576 g/mol. The van der Waals surface area contributed by atoms with E-state index in [0.717, 1.165) is 70.6 Å². The van der Waals surface area contributed by atoms with E-state index in [4.69, 9.17) is 14.6 Å². The predicted molar refractivity (Wildman–Crippen MR) is 170 cm³/mol. The maximum atomic E-state index is 11.9. The minimum atomic E-state index is -0.989. The summed E-state index contributed by atoms with van der Waals surface area (Å²) >= 11 is 0. The van der Waals surface area contributed by atoms with Crippen molar-refractivity contribution in [2.24, 2.45) is 0 Å². The third-order valence-electron chi connectivity index (χ3n) is 6.62. The summed E-state index contributed by atoms with van der Waals surface area (Å²) in [5.41, 5.74) is 0. The van der Waals surface area contributed by atoms with Crippen molar-refractivity contribution in [2.45, 2.75) is 141 Å². The summed E-state index contributed by atoms with van der Waals surface area (Å²) in [5.74, 6) is -0.650. The average molecular weight is 577 g/mol. The van der Waals surface area contributed by atoms with Gasteiger partial charge in [0, 0.05) is 19.4 Å². The Kier molecular flexibility index (Phi) is 30.6. The van der Waals surface area contributed by atoms with Gasteiger partial charge in [-0.2, -0.15) is 0 Å². The van der Waals surface area contributed by atoms with Crippen molar-refractivity contribution in [3.05, 3.63) is 48.6 Å². The Bertz CT molecular complexity index is 709. The summed E-state index contributed by atoms with van der Waals surface area (Å²) in [5, 5.41) is 18.7. The standard InChI is InChI=1S/C35H60O6/c1-2-3-4-5-6-16-19-22-25-28-34(38)40-31-33(37)32-41-35(39)29-26-23-20-17-14-12-10-8-7-9-11-13-15-18-21-24-27-30-36/h7,9-10,12-13,15,17,20,33,36-37H,2-6,8,11,14,16,18-19,21-32H2,1H3/b9-7-,12-10-,15-13-,20-17-/t33-/m1/s1. The van der Waals surface area contributed by atoms with E-state index in [1.165, 1.54) is 38.5 Å². The maximum Gasteiger partial charge on any atom is 0.305 e. The number of rotatable bonds is 29. The molecule has 0 fully saturated rings. The zero-order valence-electron chi connectivity index (χ0n) is 26.0.